The number of carboxylic acids is 1. The average Bonchev–Trinajstić information content (AvgIpc) is 2.32. The summed E-state index contributed by atoms with van der Waals surface area (Å²) in [7, 11) is 0. The molecule has 0 aliphatic rings. The minimum atomic E-state index is -0.915. The number of benzene rings is 1. The minimum Gasteiger partial charge on any atom is -0.481 e. The van der Waals surface area contributed by atoms with Crippen molar-refractivity contribution in [1.82, 2.24) is 0 Å². The van der Waals surface area contributed by atoms with Crippen LogP contribution in [-0.2, 0) is 4.79 Å². The van der Waals surface area contributed by atoms with Crippen molar-refractivity contribution in [2.24, 2.45) is 0 Å². The molecule has 0 saturated heterocycles. The summed E-state index contributed by atoms with van der Waals surface area (Å²) in [5, 5.41) is 9.36. The van der Waals surface area contributed by atoms with E-state index in [1.807, 2.05) is 0 Å². The predicted octanol–water partition coefficient (Wildman–Crippen LogP) is 2.29. The second kappa shape index (κ2) is 4.05. The van der Waals surface area contributed by atoms with Crippen LogP contribution < -0.4 is 5.43 Å². The lowest BCUT2D eigenvalue weighted by molar-refractivity contribution is -0.138. The van der Waals surface area contributed by atoms with Crippen LogP contribution in [0.3, 0.4) is 0 Å². The Morgan fingerprint density at radius 2 is 2.12 bits per heavy atom. The number of hydrogen-bond donors (Lipinski definition) is 1. The number of carboxylic acid groups (broad SMARTS) is 1. The monoisotopic (exact) mass is 232 g/mol. The largest absolute Gasteiger partial charge is 0.481 e. The molecule has 0 fully saturated rings. The summed E-state index contributed by atoms with van der Waals surface area (Å²) < 4.78 is 5.27. The highest BCUT2D eigenvalue weighted by molar-refractivity contribution is 5.81. The van der Waals surface area contributed by atoms with Gasteiger partial charge in [-0.15, -0.1) is 0 Å². The van der Waals surface area contributed by atoms with Crippen molar-refractivity contribution >= 4 is 16.9 Å². The first-order valence-electron chi connectivity index (χ1n) is 5.25. The van der Waals surface area contributed by atoms with E-state index in [4.69, 9.17) is 9.52 Å². The fourth-order valence-corrected chi connectivity index (χ4v) is 1.66. The van der Waals surface area contributed by atoms with Gasteiger partial charge in [-0.2, -0.15) is 0 Å². The number of aryl methyl sites for hydroxylation is 1. The molecule has 0 aliphatic heterocycles. The molecule has 0 radical (unpaired) electrons. The SMILES string of the molecule is Cc1coc2ccc(C(C)C(=O)O)cc2c1=O. The van der Waals surface area contributed by atoms with Crippen LogP contribution >= 0.6 is 0 Å². The van der Waals surface area contributed by atoms with Crippen molar-refractivity contribution < 1.29 is 14.3 Å². The molecular weight excluding hydrogens is 220 g/mol. The first-order valence-corrected chi connectivity index (χ1v) is 5.25. The Labute approximate surface area is 97.5 Å². The summed E-state index contributed by atoms with van der Waals surface area (Å²) in [6.07, 6.45) is 1.41. The zero-order chi connectivity index (χ0) is 12.6. The zero-order valence-electron chi connectivity index (χ0n) is 9.56. The van der Waals surface area contributed by atoms with Crippen LogP contribution in [0.1, 0.15) is 24.0 Å². The first-order chi connectivity index (χ1) is 8.00. The van der Waals surface area contributed by atoms with Crippen LogP contribution in [0.15, 0.2) is 33.7 Å². The Balaban J connectivity index is 2.68. The van der Waals surface area contributed by atoms with Gasteiger partial charge in [0.05, 0.1) is 17.6 Å². The van der Waals surface area contributed by atoms with Crippen molar-refractivity contribution in [1.29, 1.82) is 0 Å². The third-order valence-corrected chi connectivity index (χ3v) is 2.84. The van der Waals surface area contributed by atoms with E-state index in [1.54, 1.807) is 32.0 Å². The van der Waals surface area contributed by atoms with Gasteiger partial charge in [0.25, 0.3) is 0 Å². The van der Waals surface area contributed by atoms with Crippen LogP contribution in [-0.4, -0.2) is 11.1 Å². The molecule has 1 unspecified atom stereocenters. The molecule has 1 aromatic heterocycles. The molecule has 17 heavy (non-hydrogen) atoms. The molecule has 1 N–H and O–H groups in total. The molecule has 0 bridgehead atoms. The molecule has 0 amide bonds. The van der Waals surface area contributed by atoms with E-state index in [0.29, 0.717) is 22.1 Å². The molecule has 4 heteroatoms. The Hall–Kier alpha value is -2.10. The standard InChI is InChI=1S/C13H12O4/c1-7-6-17-11-4-3-9(8(2)13(15)16)5-10(11)12(7)14/h3-6,8H,1-2H3,(H,15,16). The van der Waals surface area contributed by atoms with E-state index in [1.165, 1.54) is 6.26 Å². The fraction of sp³-hybridized carbons (Fsp3) is 0.231. The molecule has 1 atom stereocenters. The van der Waals surface area contributed by atoms with Crippen molar-refractivity contribution in [2.45, 2.75) is 19.8 Å². The van der Waals surface area contributed by atoms with Gasteiger partial charge in [0, 0.05) is 5.56 Å². The van der Waals surface area contributed by atoms with Crippen LogP contribution in [0.5, 0.6) is 0 Å². The molecule has 1 aromatic carbocycles. The topological polar surface area (TPSA) is 67.5 Å². The summed E-state index contributed by atoms with van der Waals surface area (Å²) in [5.41, 5.74) is 1.47. The molecule has 4 nitrogen and oxygen atoms in total. The fourth-order valence-electron chi connectivity index (χ4n) is 1.66. The van der Waals surface area contributed by atoms with E-state index in [9.17, 15) is 9.59 Å². The van der Waals surface area contributed by atoms with Gasteiger partial charge in [0.2, 0.25) is 0 Å². The van der Waals surface area contributed by atoms with Crippen molar-refractivity contribution in [3.63, 3.8) is 0 Å². The molecular formula is C13H12O4. The van der Waals surface area contributed by atoms with E-state index >= 15 is 0 Å². The van der Waals surface area contributed by atoms with Gasteiger partial charge >= 0.3 is 5.97 Å². The molecule has 1 heterocycles. The van der Waals surface area contributed by atoms with Gasteiger partial charge in [0.15, 0.2) is 5.43 Å². The van der Waals surface area contributed by atoms with Crippen molar-refractivity contribution in [3.8, 4) is 0 Å². The maximum absolute atomic E-state index is 11.9. The van der Waals surface area contributed by atoms with Gasteiger partial charge in [-0.1, -0.05) is 6.07 Å². The van der Waals surface area contributed by atoms with E-state index in [2.05, 4.69) is 0 Å². The maximum atomic E-state index is 11.9. The van der Waals surface area contributed by atoms with E-state index in [0.717, 1.165) is 0 Å². The highest BCUT2D eigenvalue weighted by Crippen LogP contribution is 2.20. The Kier molecular flexibility index (Phi) is 2.71. The van der Waals surface area contributed by atoms with Gasteiger partial charge in [-0.3, -0.25) is 9.59 Å². The summed E-state index contributed by atoms with van der Waals surface area (Å²) in [6.45, 7) is 3.25. The predicted molar refractivity (Wildman–Crippen MR) is 63.3 cm³/mol. The lowest BCUT2D eigenvalue weighted by Gasteiger charge is -2.07. The Morgan fingerprint density at radius 3 is 2.76 bits per heavy atom. The third kappa shape index (κ3) is 1.93. The highest BCUT2D eigenvalue weighted by Gasteiger charge is 2.15. The molecule has 2 aromatic rings. The Bertz CT molecular complexity index is 639. The van der Waals surface area contributed by atoms with E-state index < -0.39 is 11.9 Å². The van der Waals surface area contributed by atoms with Crippen molar-refractivity contribution in [2.75, 3.05) is 0 Å². The summed E-state index contributed by atoms with van der Waals surface area (Å²) in [6, 6.07) is 4.89. The molecule has 2 rings (SSSR count). The molecule has 0 aliphatic carbocycles. The second-order valence-corrected chi connectivity index (χ2v) is 4.06. The quantitative estimate of drug-likeness (QED) is 0.862. The molecule has 0 saturated carbocycles. The normalized spacial score (nSPS) is 12.6. The third-order valence-electron chi connectivity index (χ3n) is 2.84. The van der Waals surface area contributed by atoms with Crippen LogP contribution in [0.4, 0.5) is 0 Å². The number of aliphatic carboxylic acids is 1. The Morgan fingerprint density at radius 1 is 1.41 bits per heavy atom. The summed E-state index contributed by atoms with van der Waals surface area (Å²) in [4.78, 5) is 22.8. The van der Waals surface area contributed by atoms with Crippen LogP contribution in [0.2, 0.25) is 0 Å². The summed E-state index contributed by atoms with van der Waals surface area (Å²) in [5.74, 6) is -1.55. The summed E-state index contributed by atoms with van der Waals surface area (Å²) >= 11 is 0. The minimum absolute atomic E-state index is 0.120. The van der Waals surface area contributed by atoms with Gasteiger partial charge in [-0.25, -0.2) is 0 Å². The smallest absolute Gasteiger partial charge is 0.310 e. The van der Waals surface area contributed by atoms with Crippen LogP contribution in [0.25, 0.3) is 11.0 Å². The lowest BCUT2D eigenvalue weighted by atomic mass is 9.99. The number of hydrogen-bond acceptors (Lipinski definition) is 3. The number of rotatable bonds is 2. The van der Waals surface area contributed by atoms with Crippen molar-refractivity contribution in [3.05, 3.63) is 45.8 Å². The number of carbonyl (C=O) groups is 1. The van der Waals surface area contributed by atoms with Gasteiger partial charge in [0.1, 0.15) is 5.58 Å². The maximum Gasteiger partial charge on any atom is 0.310 e. The second-order valence-electron chi connectivity index (χ2n) is 4.06. The van der Waals surface area contributed by atoms with Gasteiger partial charge in [-0.05, 0) is 31.5 Å². The molecule has 88 valence electrons. The number of fused-ring (bicyclic) bond motifs is 1. The van der Waals surface area contributed by atoms with Crippen LogP contribution in [0, 0.1) is 6.92 Å². The average molecular weight is 232 g/mol. The van der Waals surface area contributed by atoms with Gasteiger partial charge < -0.3 is 9.52 Å². The van der Waals surface area contributed by atoms with E-state index in [-0.39, 0.29) is 5.43 Å². The zero-order valence-corrected chi connectivity index (χ0v) is 9.56. The lowest BCUT2D eigenvalue weighted by Crippen LogP contribution is -2.09. The molecule has 0 spiro atoms. The first kappa shape index (κ1) is 11.4. The highest BCUT2D eigenvalue weighted by atomic mass is 16.4.